The summed E-state index contributed by atoms with van der Waals surface area (Å²) in [4.78, 5) is 17.4. The SMILES string of the molecule is Cc1ccc(C(NC(=O)Cc2ccc3oc(C(CO)c4cccnc4)cc3c2)c2ccccc2)c(C)c1. The fraction of sp³-hybridized carbons (Fsp3) is 0.188. The molecular formula is C32H30N2O3. The number of carbonyl (C=O) groups excluding carboxylic acids is 1. The zero-order valence-corrected chi connectivity index (χ0v) is 21.0. The number of benzene rings is 3. The summed E-state index contributed by atoms with van der Waals surface area (Å²) in [5.41, 5.74) is 6.98. The molecule has 2 N–H and O–H groups in total. The van der Waals surface area contributed by atoms with Crippen molar-refractivity contribution in [2.45, 2.75) is 32.2 Å². The van der Waals surface area contributed by atoms with Crippen LogP contribution in [0.1, 0.15) is 51.1 Å². The lowest BCUT2D eigenvalue weighted by Crippen LogP contribution is -2.31. The van der Waals surface area contributed by atoms with Crippen LogP contribution in [0.4, 0.5) is 0 Å². The molecule has 2 aromatic heterocycles. The van der Waals surface area contributed by atoms with Crippen LogP contribution in [0.3, 0.4) is 0 Å². The molecule has 0 saturated heterocycles. The van der Waals surface area contributed by atoms with Crippen LogP contribution in [0, 0.1) is 13.8 Å². The molecule has 3 aromatic carbocycles. The van der Waals surface area contributed by atoms with Crippen LogP contribution in [0.15, 0.2) is 102 Å². The molecular weight excluding hydrogens is 460 g/mol. The van der Waals surface area contributed by atoms with Crippen molar-refractivity contribution in [1.29, 1.82) is 0 Å². The van der Waals surface area contributed by atoms with Gasteiger partial charge in [0.15, 0.2) is 0 Å². The molecule has 0 radical (unpaired) electrons. The molecule has 5 aromatic rings. The Morgan fingerprint density at radius 2 is 1.76 bits per heavy atom. The first-order chi connectivity index (χ1) is 18.0. The predicted molar refractivity (Wildman–Crippen MR) is 145 cm³/mol. The van der Waals surface area contributed by atoms with Crippen molar-refractivity contribution in [2.75, 3.05) is 6.61 Å². The standard InChI is InChI=1S/C32H30N2O3/c1-21-10-12-27(22(2)15-21)32(24-7-4-3-5-8-24)34-31(36)17-23-11-13-29-26(16-23)18-30(37-29)28(20-35)25-9-6-14-33-19-25/h3-16,18-19,28,32,35H,17,20H2,1-2H3,(H,34,36). The number of aromatic nitrogens is 1. The molecule has 2 unspecified atom stereocenters. The molecule has 0 aliphatic heterocycles. The normalized spacial score (nSPS) is 12.8. The average Bonchev–Trinajstić information content (AvgIpc) is 3.32. The highest BCUT2D eigenvalue weighted by Crippen LogP contribution is 2.30. The number of nitrogens with one attached hydrogen (secondary N) is 1. The van der Waals surface area contributed by atoms with Crippen LogP contribution in [0.5, 0.6) is 0 Å². The van der Waals surface area contributed by atoms with Crippen LogP contribution in [-0.4, -0.2) is 22.6 Å². The smallest absolute Gasteiger partial charge is 0.225 e. The van der Waals surface area contributed by atoms with Gasteiger partial charge in [0.2, 0.25) is 5.91 Å². The van der Waals surface area contributed by atoms with Gasteiger partial charge in [0.25, 0.3) is 0 Å². The third-order valence-electron chi connectivity index (χ3n) is 6.75. The number of carbonyl (C=O) groups is 1. The molecule has 0 aliphatic rings. The van der Waals surface area contributed by atoms with Gasteiger partial charge >= 0.3 is 0 Å². The van der Waals surface area contributed by atoms with Gasteiger partial charge in [-0.15, -0.1) is 0 Å². The van der Waals surface area contributed by atoms with Crippen LogP contribution < -0.4 is 5.32 Å². The molecule has 5 heteroatoms. The minimum Gasteiger partial charge on any atom is -0.460 e. The van der Waals surface area contributed by atoms with Gasteiger partial charge < -0.3 is 14.8 Å². The van der Waals surface area contributed by atoms with Gasteiger partial charge in [-0.2, -0.15) is 0 Å². The molecule has 0 bridgehead atoms. The number of furan rings is 1. The Hall–Kier alpha value is -4.22. The summed E-state index contributed by atoms with van der Waals surface area (Å²) in [7, 11) is 0. The van der Waals surface area contributed by atoms with Gasteiger partial charge in [-0.3, -0.25) is 9.78 Å². The number of aryl methyl sites for hydroxylation is 2. The summed E-state index contributed by atoms with van der Waals surface area (Å²) < 4.78 is 6.05. The maximum Gasteiger partial charge on any atom is 0.225 e. The number of amides is 1. The fourth-order valence-corrected chi connectivity index (χ4v) is 4.87. The molecule has 0 fully saturated rings. The number of aliphatic hydroxyl groups is 1. The minimum atomic E-state index is -0.294. The number of hydrogen-bond acceptors (Lipinski definition) is 4. The number of aliphatic hydroxyl groups excluding tert-OH is 1. The van der Waals surface area contributed by atoms with Crippen LogP contribution in [0.2, 0.25) is 0 Å². The van der Waals surface area contributed by atoms with Gasteiger partial charge in [0.1, 0.15) is 11.3 Å². The van der Waals surface area contributed by atoms with Gasteiger partial charge in [0.05, 0.1) is 25.0 Å². The number of rotatable bonds is 8. The van der Waals surface area contributed by atoms with Crippen LogP contribution >= 0.6 is 0 Å². The second-order valence-electron chi connectivity index (χ2n) is 9.49. The second-order valence-corrected chi connectivity index (χ2v) is 9.49. The highest BCUT2D eigenvalue weighted by molar-refractivity contribution is 5.83. The molecule has 5 nitrogen and oxygen atoms in total. The number of hydrogen-bond donors (Lipinski definition) is 2. The summed E-state index contributed by atoms with van der Waals surface area (Å²) in [5, 5.41) is 14.2. The second kappa shape index (κ2) is 10.8. The van der Waals surface area contributed by atoms with Crippen molar-refractivity contribution < 1.29 is 14.3 Å². The first kappa shape index (κ1) is 24.5. The van der Waals surface area contributed by atoms with E-state index >= 15 is 0 Å². The summed E-state index contributed by atoms with van der Waals surface area (Å²) in [5.74, 6) is 0.323. The Labute approximate surface area is 216 Å². The Balaban J connectivity index is 1.37. The first-order valence-electron chi connectivity index (χ1n) is 12.5. The molecule has 2 atom stereocenters. The van der Waals surface area contributed by atoms with Crippen molar-refractivity contribution in [3.05, 3.63) is 136 Å². The maximum absolute atomic E-state index is 13.3. The Kier molecular flexibility index (Phi) is 7.15. The summed E-state index contributed by atoms with van der Waals surface area (Å²) in [6.07, 6.45) is 3.69. The monoisotopic (exact) mass is 490 g/mol. The Bertz CT molecular complexity index is 1510. The molecule has 0 aliphatic carbocycles. The third-order valence-corrected chi connectivity index (χ3v) is 6.75. The molecule has 5 rings (SSSR count). The highest BCUT2D eigenvalue weighted by Gasteiger charge is 2.21. The molecule has 2 heterocycles. The van der Waals surface area contributed by atoms with E-state index in [0.717, 1.165) is 38.8 Å². The van der Waals surface area contributed by atoms with E-state index in [1.165, 1.54) is 5.56 Å². The zero-order chi connectivity index (χ0) is 25.8. The lowest BCUT2D eigenvalue weighted by Gasteiger charge is -2.22. The van der Waals surface area contributed by atoms with E-state index in [4.69, 9.17) is 4.42 Å². The molecule has 0 spiro atoms. The van der Waals surface area contributed by atoms with Crippen molar-refractivity contribution in [1.82, 2.24) is 10.3 Å². The van der Waals surface area contributed by atoms with Gasteiger partial charge in [-0.25, -0.2) is 0 Å². The molecule has 186 valence electrons. The third kappa shape index (κ3) is 5.47. The molecule has 1 amide bonds. The van der Waals surface area contributed by atoms with Crippen molar-refractivity contribution in [2.24, 2.45) is 0 Å². The van der Waals surface area contributed by atoms with Gasteiger partial charge in [-0.05, 0) is 65.9 Å². The Morgan fingerprint density at radius 3 is 2.49 bits per heavy atom. The van der Waals surface area contributed by atoms with Crippen molar-refractivity contribution in [3.8, 4) is 0 Å². The van der Waals surface area contributed by atoms with E-state index in [1.807, 2.05) is 66.7 Å². The van der Waals surface area contributed by atoms with E-state index in [1.54, 1.807) is 12.4 Å². The zero-order valence-electron chi connectivity index (χ0n) is 21.0. The maximum atomic E-state index is 13.3. The van der Waals surface area contributed by atoms with Crippen LogP contribution in [0.25, 0.3) is 11.0 Å². The fourth-order valence-electron chi connectivity index (χ4n) is 4.87. The van der Waals surface area contributed by atoms with E-state index < -0.39 is 0 Å². The molecule has 0 saturated carbocycles. The first-order valence-corrected chi connectivity index (χ1v) is 12.5. The topological polar surface area (TPSA) is 75.4 Å². The quantitative estimate of drug-likeness (QED) is 0.279. The minimum absolute atomic E-state index is 0.0551. The lowest BCUT2D eigenvalue weighted by molar-refractivity contribution is -0.120. The number of nitrogens with zero attached hydrogens (tertiary/aromatic N) is 1. The Morgan fingerprint density at radius 1 is 0.946 bits per heavy atom. The van der Waals surface area contributed by atoms with E-state index in [0.29, 0.717) is 5.76 Å². The number of pyridine rings is 1. The van der Waals surface area contributed by atoms with Crippen molar-refractivity contribution in [3.63, 3.8) is 0 Å². The van der Waals surface area contributed by atoms with Gasteiger partial charge in [-0.1, -0.05) is 66.2 Å². The summed E-state index contributed by atoms with van der Waals surface area (Å²) in [6.45, 7) is 4.07. The average molecular weight is 491 g/mol. The lowest BCUT2D eigenvalue weighted by atomic mass is 9.93. The van der Waals surface area contributed by atoms with E-state index in [9.17, 15) is 9.90 Å². The highest BCUT2D eigenvalue weighted by atomic mass is 16.3. The van der Waals surface area contributed by atoms with Crippen LogP contribution in [-0.2, 0) is 11.2 Å². The largest absolute Gasteiger partial charge is 0.460 e. The summed E-state index contributed by atoms with van der Waals surface area (Å²) >= 11 is 0. The predicted octanol–water partition coefficient (Wildman–Crippen LogP) is 6.02. The molecule has 37 heavy (non-hydrogen) atoms. The van der Waals surface area contributed by atoms with E-state index in [2.05, 4.69) is 42.3 Å². The summed E-state index contributed by atoms with van der Waals surface area (Å²) in [6, 6.07) is 27.6. The van der Waals surface area contributed by atoms with Gasteiger partial charge in [0, 0.05) is 17.8 Å². The number of fused-ring (bicyclic) bond motifs is 1. The van der Waals surface area contributed by atoms with E-state index in [-0.39, 0.29) is 30.9 Å². The van der Waals surface area contributed by atoms with Crippen molar-refractivity contribution >= 4 is 16.9 Å².